The van der Waals surface area contributed by atoms with E-state index in [2.05, 4.69) is 63.8 Å². The van der Waals surface area contributed by atoms with Crippen LogP contribution in [0.3, 0.4) is 0 Å². The highest BCUT2D eigenvalue weighted by molar-refractivity contribution is 5.07. The third kappa shape index (κ3) is 10.6. The molecule has 0 spiro atoms. The van der Waals surface area contributed by atoms with Gasteiger partial charge in [0, 0.05) is 6.54 Å². The predicted octanol–water partition coefficient (Wildman–Crippen LogP) is 6.84. The molecule has 0 aliphatic carbocycles. The van der Waals surface area contributed by atoms with Gasteiger partial charge in [-0.05, 0) is 92.7 Å². The number of likely N-dealkylation sites (tertiary alicyclic amines) is 1. The van der Waals surface area contributed by atoms with E-state index in [9.17, 15) is 0 Å². The third-order valence-electron chi connectivity index (χ3n) is 4.80. The standard InChI is InChI=1S/C23H39N/c1-20(2)10-6-11-21(3)12-7-13-22(4)14-8-15-23(5)16-19-24-17-9-18-24/h10,12,14,16H,6-9,11,13,15,17-19H2,1-5H3/b21-12+,22-14+,23-16+. The molecule has 1 aliphatic heterocycles. The van der Waals surface area contributed by atoms with Gasteiger partial charge in [-0.1, -0.05) is 46.6 Å². The first-order chi connectivity index (χ1) is 11.5. The fourth-order valence-electron chi connectivity index (χ4n) is 2.84. The van der Waals surface area contributed by atoms with Crippen LogP contribution in [0.2, 0.25) is 0 Å². The Labute approximate surface area is 151 Å². The predicted molar refractivity (Wildman–Crippen MR) is 109 cm³/mol. The van der Waals surface area contributed by atoms with Crippen LogP contribution >= 0.6 is 0 Å². The van der Waals surface area contributed by atoms with Crippen LogP contribution in [0.25, 0.3) is 0 Å². The molecule has 0 aromatic heterocycles. The summed E-state index contributed by atoms with van der Waals surface area (Å²) in [6, 6.07) is 0. The molecule has 0 unspecified atom stereocenters. The molecule has 0 saturated carbocycles. The first kappa shape index (κ1) is 21.0. The van der Waals surface area contributed by atoms with E-state index >= 15 is 0 Å². The van der Waals surface area contributed by atoms with Crippen LogP contribution in [0.15, 0.2) is 46.6 Å². The number of nitrogens with zero attached hydrogens (tertiary/aromatic N) is 1. The van der Waals surface area contributed by atoms with Crippen LogP contribution in [0.5, 0.6) is 0 Å². The molecule has 1 aliphatic rings. The lowest BCUT2D eigenvalue weighted by Gasteiger charge is -2.29. The van der Waals surface area contributed by atoms with Crippen molar-refractivity contribution in [1.82, 2.24) is 4.90 Å². The normalized spacial score (nSPS) is 17.0. The summed E-state index contributed by atoms with van der Waals surface area (Å²) in [7, 11) is 0. The van der Waals surface area contributed by atoms with E-state index in [0.29, 0.717) is 0 Å². The Morgan fingerprint density at radius 2 is 1.12 bits per heavy atom. The van der Waals surface area contributed by atoms with E-state index in [-0.39, 0.29) is 0 Å². The molecule has 0 radical (unpaired) electrons. The Balaban J connectivity index is 2.15. The van der Waals surface area contributed by atoms with Crippen LogP contribution in [0, 0.1) is 0 Å². The highest BCUT2D eigenvalue weighted by Gasteiger charge is 2.10. The topological polar surface area (TPSA) is 3.24 Å². The average molecular weight is 330 g/mol. The SMILES string of the molecule is CC(C)=CCC/C(C)=C/CC/C(C)=C/CC/C(C)=C/CN1CCC1. The molecule has 24 heavy (non-hydrogen) atoms. The maximum absolute atomic E-state index is 2.51. The van der Waals surface area contributed by atoms with Crippen LogP contribution in [-0.2, 0) is 0 Å². The summed E-state index contributed by atoms with van der Waals surface area (Å²) < 4.78 is 0. The van der Waals surface area contributed by atoms with Crippen molar-refractivity contribution in [3.63, 3.8) is 0 Å². The molecule has 1 saturated heterocycles. The Morgan fingerprint density at radius 3 is 1.54 bits per heavy atom. The fraction of sp³-hybridized carbons (Fsp3) is 0.652. The summed E-state index contributed by atoms with van der Waals surface area (Å²) in [5, 5.41) is 0. The second kappa shape index (κ2) is 12.3. The zero-order valence-corrected chi connectivity index (χ0v) is 16.8. The number of rotatable bonds is 11. The zero-order chi connectivity index (χ0) is 17.8. The largest absolute Gasteiger partial charge is 0.300 e. The Kier molecular flexibility index (Phi) is 10.7. The lowest BCUT2D eigenvalue weighted by Crippen LogP contribution is -2.37. The summed E-state index contributed by atoms with van der Waals surface area (Å²) in [6.07, 6.45) is 18.2. The fourth-order valence-corrected chi connectivity index (χ4v) is 2.84. The van der Waals surface area contributed by atoms with E-state index < -0.39 is 0 Å². The molecular weight excluding hydrogens is 290 g/mol. The van der Waals surface area contributed by atoms with Gasteiger partial charge in [0.1, 0.15) is 0 Å². The second-order valence-corrected chi connectivity index (χ2v) is 7.70. The Hall–Kier alpha value is -1.08. The maximum atomic E-state index is 2.51. The molecular formula is C23H39N. The molecule has 0 atom stereocenters. The molecule has 1 nitrogen and oxygen atoms in total. The van der Waals surface area contributed by atoms with E-state index in [1.807, 2.05) is 0 Å². The zero-order valence-electron chi connectivity index (χ0n) is 16.8. The number of allylic oxidation sites excluding steroid dienone is 7. The van der Waals surface area contributed by atoms with Crippen molar-refractivity contribution in [2.24, 2.45) is 0 Å². The minimum absolute atomic E-state index is 1.16. The summed E-state index contributed by atoms with van der Waals surface area (Å²) in [5.74, 6) is 0. The van der Waals surface area contributed by atoms with Gasteiger partial charge in [0.05, 0.1) is 0 Å². The van der Waals surface area contributed by atoms with Gasteiger partial charge >= 0.3 is 0 Å². The Bertz CT molecular complexity index is 468. The molecule has 0 amide bonds. The monoisotopic (exact) mass is 329 g/mol. The average Bonchev–Trinajstić information content (AvgIpc) is 2.45. The molecule has 1 heteroatoms. The lowest BCUT2D eigenvalue weighted by molar-refractivity contribution is 0.203. The van der Waals surface area contributed by atoms with E-state index in [1.165, 1.54) is 69.2 Å². The quantitative estimate of drug-likeness (QED) is 0.375. The van der Waals surface area contributed by atoms with Gasteiger partial charge in [-0.3, -0.25) is 4.90 Å². The van der Waals surface area contributed by atoms with Crippen LogP contribution in [0.4, 0.5) is 0 Å². The van der Waals surface area contributed by atoms with E-state index in [1.54, 1.807) is 11.1 Å². The number of hydrogen-bond donors (Lipinski definition) is 0. The van der Waals surface area contributed by atoms with Gasteiger partial charge in [0.2, 0.25) is 0 Å². The maximum Gasteiger partial charge on any atom is 0.0165 e. The molecule has 1 heterocycles. The first-order valence-corrected chi connectivity index (χ1v) is 9.80. The van der Waals surface area contributed by atoms with Crippen molar-refractivity contribution < 1.29 is 0 Å². The van der Waals surface area contributed by atoms with Crippen molar-refractivity contribution in [3.05, 3.63) is 46.6 Å². The first-order valence-electron chi connectivity index (χ1n) is 9.80. The highest BCUT2D eigenvalue weighted by atomic mass is 15.2. The number of hydrogen-bond acceptors (Lipinski definition) is 1. The van der Waals surface area contributed by atoms with Crippen LogP contribution in [0.1, 0.15) is 79.6 Å². The molecule has 1 rings (SSSR count). The third-order valence-corrected chi connectivity index (χ3v) is 4.80. The summed E-state index contributed by atoms with van der Waals surface area (Å²) in [4.78, 5) is 2.51. The van der Waals surface area contributed by atoms with Gasteiger partial charge in [0.25, 0.3) is 0 Å². The minimum Gasteiger partial charge on any atom is -0.300 e. The second-order valence-electron chi connectivity index (χ2n) is 7.70. The van der Waals surface area contributed by atoms with Gasteiger partial charge in [-0.2, -0.15) is 0 Å². The van der Waals surface area contributed by atoms with Gasteiger partial charge in [-0.25, -0.2) is 0 Å². The molecule has 0 bridgehead atoms. The smallest absolute Gasteiger partial charge is 0.0165 e. The van der Waals surface area contributed by atoms with Crippen molar-refractivity contribution >= 4 is 0 Å². The van der Waals surface area contributed by atoms with Crippen molar-refractivity contribution in [1.29, 1.82) is 0 Å². The van der Waals surface area contributed by atoms with Crippen LogP contribution in [-0.4, -0.2) is 24.5 Å². The summed E-state index contributed by atoms with van der Waals surface area (Å²) in [6.45, 7) is 14.9. The molecule has 0 aromatic carbocycles. The Morgan fingerprint density at radius 1 is 0.667 bits per heavy atom. The lowest BCUT2D eigenvalue weighted by atomic mass is 10.0. The highest BCUT2D eigenvalue weighted by Crippen LogP contribution is 2.14. The molecule has 0 aromatic rings. The van der Waals surface area contributed by atoms with E-state index in [0.717, 1.165) is 6.54 Å². The van der Waals surface area contributed by atoms with E-state index in [4.69, 9.17) is 0 Å². The van der Waals surface area contributed by atoms with Crippen molar-refractivity contribution in [2.75, 3.05) is 19.6 Å². The summed E-state index contributed by atoms with van der Waals surface area (Å²) >= 11 is 0. The van der Waals surface area contributed by atoms with Gasteiger partial charge in [0.15, 0.2) is 0 Å². The van der Waals surface area contributed by atoms with Crippen molar-refractivity contribution in [3.8, 4) is 0 Å². The van der Waals surface area contributed by atoms with Gasteiger partial charge in [-0.15, -0.1) is 0 Å². The molecule has 1 fully saturated rings. The van der Waals surface area contributed by atoms with Gasteiger partial charge < -0.3 is 0 Å². The summed E-state index contributed by atoms with van der Waals surface area (Å²) in [5.41, 5.74) is 6.04. The van der Waals surface area contributed by atoms with Crippen molar-refractivity contribution in [2.45, 2.75) is 79.6 Å². The van der Waals surface area contributed by atoms with Crippen LogP contribution < -0.4 is 0 Å². The molecule has 0 N–H and O–H groups in total. The molecule has 136 valence electrons. The minimum atomic E-state index is 1.16.